The van der Waals surface area contributed by atoms with Crippen LogP contribution in [0.2, 0.25) is 0 Å². The van der Waals surface area contributed by atoms with Crippen LogP contribution in [0.4, 0.5) is 11.4 Å². The molecule has 0 saturated carbocycles. The largest absolute Gasteiger partial charge is 0.494 e. The van der Waals surface area contributed by atoms with E-state index in [0.29, 0.717) is 18.7 Å². The number of hydrazone groups is 1. The summed E-state index contributed by atoms with van der Waals surface area (Å²) >= 11 is 0. The molecule has 1 heterocycles. The van der Waals surface area contributed by atoms with Crippen LogP contribution in [0.5, 0.6) is 5.75 Å². The van der Waals surface area contributed by atoms with Gasteiger partial charge in [0, 0.05) is 31.0 Å². The zero-order valence-corrected chi connectivity index (χ0v) is 18.8. The minimum absolute atomic E-state index is 0.00193. The Hall–Kier alpha value is -3.40. The molecule has 0 spiro atoms. The van der Waals surface area contributed by atoms with Crippen molar-refractivity contribution in [1.82, 2.24) is 5.01 Å². The maximum absolute atomic E-state index is 12.4. The summed E-state index contributed by atoms with van der Waals surface area (Å²) in [6.45, 7) is 2.03. The van der Waals surface area contributed by atoms with Crippen molar-refractivity contribution in [3.05, 3.63) is 54.1 Å². The Bertz CT molecular complexity index is 1120. The van der Waals surface area contributed by atoms with Gasteiger partial charge < -0.3 is 10.1 Å². The van der Waals surface area contributed by atoms with Gasteiger partial charge in [-0.3, -0.25) is 14.3 Å². The van der Waals surface area contributed by atoms with E-state index < -0.39 is 10.0 Å². The molecular formula is C22H26N4O5S. The van der Waals surface area contributed by atoms with Gasteiger partial charge in [-0.2, -0.15) is 5.10 Å². The number of rotatable bonds is 9. The van der Waals surface area contributed by atoms with Crippen molar-refractivity contribution < 1.29 is 22.7 Å². The predicted octanol–water partition coefficient (Wildman–Crippen LogP) is 2.81. The number of carbonyl (C=O) groups excluding carboxylic acids is 2. The Morgan fingerprint density at radius 1 is 1.12 bits per heavy atom. The first-order chi connectivity index (χ1) is 15.3. The molecule has 3 rings (SSSR count). The number of benzene rings is 2. The number of hydrogen-bond donors (Lipinski definition) is 2. The van der Waals surface area contributed by atoms with Gasteiger partial charge >= 0.3 is 0 Å². The van der Waals surface area contributed by atoms with E-state index >= 15 is 0 Å². The molecule has 0 aromatic heterocycles. The fourth-order valence-electron chi connectivity index (χ4n) is 3.14. The summed E-state index contributed by atoms with van der Waals surface area (Å²) in [5.74, 6) is -0.353. The molecule has 0 fully saturated rings. The third-order valence-electron chi connectivity index (χ3n) is 4.89. The van der Waals surface area contributed by atoms with E-state index in [4.69, 9.17) is 4.74 Å². The molecular weight excluding hydrogens is 432 g/mol. The van der Waals surface area contributed by atoms with Crippen molar-refractivity contribution >= 4 is 38.9 Å². The lowest BCUT2D eigenvalue weighted by molar-refractivity contribution is -0.132. The van der Waals surface area contributed by atoms with Crippen molar-refractivity contribution in [2.75, 3.05) is 29.4 Å². The normalized spacial score (nSPS) is 13.4. The van der Waals surface area contributed by atoms with Crippen LogP contribution >= 0.6 is 0 Å². The number of methoxy groups -OCH3 is 1. The summed E-state index contributed by atoms with van der Waals surface area (Å²) in [7, 11) is -2.05. The van der Waals surface area contributed by atoms with Crippen LogP contribution in [-0.2, 0) is 19.6 Å². The third kappa shape index (κ3) is 6.07. The summed E-state index contributed by atoms with van der Waals surface area (Å²) in [4.78, 5) is 24.7. The predicted molar refractivity (Wildman–Crippen MR) is 123 cm³/mol. The molecule has 32 heavy (non-hydrogen) atoms. The molecule has 0 unspecified atom stereocenters. The lowest BCUT2D eigenvalue weighted by Crippen LogP contribution is -2.25. The van der Waals surface area contributed by atoms with E-state index in [1.165, 1.54) is 31.2 Å². The van der Waals surface area contributed by atoms with Crippen molar-refractivity contribution in [3.8, 4) is 5.75 Å². The molecule has 0 radical (unpaired) electrons. The van der Waals surface area contributed by atoms with Gasteiger partial charge in [0.25, 0.3) is 0 Å². The Kier molecular flexibility index (Phi) is 7.47. The number of anilines is 2. The van der Waals surface area contributed by atoms with Crippen molar-refractivity contribution in [3.63, 3.8) is 0 Å². The monoisotopic (exact) mass is 458 g/mol. The van der Waals surface area contributed by atoms with Crippen LogP contribution in [0.1, 0.15) is 31.7 Å². The van der Waals surface area contributed by atoms with Gasteiger partial charge in [0.1, 0.15) is 5.75 Å². The molecule has 0 saturated heterocycles. The second kappa shape index (κ2) is 10.3. The fraction of sp³-hybridized carbons (Fsp3) is 0.318. The average molecular weight is 459 g/mol. The van der Waals surface area contributed by atoms with Gasteiger partial charge in [0.15, 0.2) is 0 Å². The number of nitrogens with one attached hydrogen (secondary N) is 2. The average Bonchev–Trinajstić information content (AvgIpc) is 3.29. The SMILES string of the molecule is CCS(=O)(=O)Nc1ccc(NC(=O)CCC(=O)N2CCC(c3ccccc3)=N2)cc1OC. The maximum Gasteiger partial charge on any atom is 0.243 e. The molecule has 0 aliphatic carbocycles. The summed E-state index contributed by atoms with van der Waals surface area (Å²) < 4.78 is 31.2. The number of amides is 2. The lowest BCUT2D eigenvalue weighted by atomic mass is 10.1. The number of carbonyl (C=O) groups is 2. The highest BCUT2D eigenvalue weighted by Gasteiger charge is 2.22. The molecule has 1 aliphatic heterocycles. The Morgan fingerprint density at radius 3 is 2.56 bits per heavy atom. The highest BCUT2D eigenvalue weighted by Crippen LogP contribution is 2.29. The molecule has 2 amide bonds. The number of ether oxygens (including phenoxy) is 1. The Balaban J connectivity index is 1.54. The Labute approximate surface area is 187 Å². The molecule has 0 atom stereocenters. The zero-order chi connectivity index (χ0) is 23.1. The van der Waals surface area contributed by atoms with Crippen molar-refractivity contribution in [1.29, 1.82) is 0 Å². The number of hydrogen-bond acceptors (Lipinski definition) is 6. The highest BCUT2D eigenvalue weighted by atomic mass is 32.2. The van der Waals surface area contributed by atoms with E-state index in [2.05, 4.69) is 15.1 Å². The minimum atomic E-state index is -3.46. The minimum Gasteiger partial charge on any atom is -0.494 e. The van der Waals surface area contributed by atoms with Crippen LogP contribution in [0.25, 0.3) is 0 Å². The van der Waals surface area contributed by atoms with Gasteiger partial charge in [-0.1, -0.05) is 30.3 Å². The van der Waals surface area contributed by atoms with Gasteiger partial charge in [-0.25, -0.2) is 13.4 Å². The van der Waals surface area contributed by atoms with E-state index in [-0.39, 0.29) is 41.8 Å². The second-order valence-corrected chi connectivity index (χ2v) is 9.16. The van der Waals surface area contributed by atoms with Crippen molar-refractivity contribution in [2.45, 2.75) is 26.2 Å². The highest BCUT2D eigenvalue weighted by molar-refractivity contribution is 7.92. The molecule has 2 aromatic rings. The van der Waals surface area contributed by atoms with Gasteiger partial charge in [0.05, 0.1) is 30.8 Å². The van der Waals surface area contributed by atoms with Crippen LogP contribution < -0.4 is 14.8 Å². The summed E-state index contributed by atoms with van der Waals surface area (Å²) in [6.07, 6.45) is 0.705. The number of nitrogens with zero attached hydrogens (tertiary/aromatic N) is 2. The van der Waals surface area contributed by atoms with E-state index in [0.717, 1.165) is 11.3 Å². The first-order valence-corrected chi connectivity index (χ1v) is 11.9. The molecule has 10 heteroatoms. The topological polar surface area (TPSA) is 117 Å². The molecule has 170 valence electrons. The molecule has 1 aliphatic rings. The summed E-state index contributed by atoms with van der Waals surface area (Å²) in [5.41, 5.74) is 2.56. The summed E-state index contributed by atoms with van der Waals surface area (Å²) in [5, 5.41) is 8.49. The van der Waals surface area contributed by atoms with Crippen LogP contribution in [0, 0.1) is 0 Å². The van der Waals surface area contributed by atoms with Gasteiger partial charge in [0.2, 0.25) is 21.8 Å². The molecule has 0 bridgehead atoms. The van der Waals surface area contributed by atoms with E-state index in [1.54, 1.807) is 6.07 Å². The van der Waals surface area contributed by atoms with Gasteiger partial charge in [-0.05, 0) is 24.6 Å². The Morgan fingerprint density at radius 2 is 1.88 bits per heavy atom. The standard InChI is InChI=1S/C22H26N4O5S/c1-3-32(29,30)25-19-10-9-17(15-20(19)31-2)23-21(27)11-12-22(28)26-14-13-18(24-26)16-7-5-4-6-8-16/h4-10,15,25H,3,11-14H2,1-2H3,(H,23,27). The van der Waals surface area contributed by atoms with E-state index in [9.17, 15) is 18.0 Å². The first-order valence-electron chi connectivity index (χ1n) is 10.2. The zero-order valence-electron chi connectivity index (χ0n) is 18.0. The number of sulfonamides is 1. The molecule has 2 N–H and O–H groups in total. The molecule has 2 aromatic carbocycles. The lowest BCUT2D eigenvalue weighted by Gasteiger charge is -2.14. The van der Waals surface area contributed by atoms with E-state index in [1.807, 2.05) is 30.3 Å². The van der Waals surface area contributed by atoms with Crippen LogP contribution in [0.3, 0.4) is 0 Å². The molecule has 9 nitrogen and oxygen atoms in total. The van der Waals surface area contributed by atoms with Gasteiger partial charge in [-0.15, -0.1) is 0 Å². The maximum atomic E-state index is 12.4. The van der Waals surface area contributed by atoms with Crippen LogP contribution in [-0.4, -0.2) is 50.4 Å². The first kappa shape index (κ1) is 23.3. The fourth-order valence-corrected chi connectivity index (χ4v) is 3.78. The summed E-state index contributed by atoms with van der Waals surface area (Å²) in [6, 6.07) is 14.3. The second-order valence-electron chi connectivity index (χ2n) is 7.15. The smallest absolute Gasteiger partial charge is 0.243 e. The quantitative estimate of drug-likeness (QED) is 0.599. The third-order valence-corrected chi connectivity index (χ3v) is 6.18. The van der Waals surface area contributed by atoms with Crippen LogP contribution in [0.15, 0.2) is 53.6 Å². The van der Waals surface area contributed by atoms with Crippen molar-refractivity contribution in [2.24, 2.45) is 5.10 Å².